The second-order valence-electron chi connectivity index (χ2n) is 4.68. The third-order valence-corrected chi connectivity index (χ3v) is 5.56. The highest BCUT2D eigenvalue weighted by Crippen LogP contribution is 2.19. The number of nitrogens with two attached hydrogens (primary N) is 1. The minimum absolute atomic E-state index is 0.0405. The largest absolute Gasteiger partial charge is 0.326 e. The average molecular weight is 316 g/mol. The molecule has 0 saturated heterocycles. The molecule has 1 aromatic rings. The second-order valence-corrected chi connectivity index (χ2v) is 7.27. The molecule has 1 aromatic carbocycles. The van der Waals surface area contributed by atoms with Gasteiger partial charge < -0.3 is 5.73 Å². The molecule has 0 saturated carbocycles. The summed E-state index contributed by atoms with van der Waals surface area (Å²) in [7, 11) is -3.49. The fraction of sp³-hybridized carbons (Fsp3) is 0.571. The van der Waals surface area contributed by atoms with Crippen molar-refractivity contribution in [2.24, 2.45) is 5.73 Å². The van der Waals surface area contributed by atoms with Crippen LogP contribution in [0.1, 0.15) is 31.4 Å². The predicted molar refractivity (Wildman–Crippen MR) is 86.5 cm³/mol. The molecule has 0 aliphatic rings. The number of sulfonamides is 1. The van der Waals surface area contributed by atoms with E-state index in [9.17, 15) is 8.42 Å². The Morgan fingerprint density at radius 3 is 2.55 bits per heavy atom. The van der Waals surface area contributed by atoms with Gasteiger partial charge >= 0.3 is 0 Å². The van der Waals surface area contributed by atoms with E-state index >= 15 is 0 Å². The first-order valence-electron chi connectivity index (χ1n) is 6.81. The van der Waals surface area contributed by atoms with E-state index in [-0.39, 0.29) is 6.04 Å². The second kappa shape index (κ2) is 8.02. The topological polar surface area (TPSA) is 72.2 Å². The van der Waals surface area contributed by atoms with Crippen LogP contribution in [0.25, 0.3) is 0 Å². The van der Waals surface area contributed by atoms with Gasteiger partial charge in [0.25, 0.3) is 0 Å². The minimum Gasteiger partial charge on any atom is -0.326 e. The van der Waals surface area contributed by atoms with E-state index in [1.54, 1.807) is 17.8 Å². The molecule has 20 heavy (non-hydrogen) atoms. The summed E-state index contributed by atoms with van der Waals surface area (Å²) >= 11 is 1.64. The minimum atomic E-state index is -3.49. The number of hydrogen-bond acceptors (Lipinski definition) is 4. The Balaban J connectivity index is 3.13. The van der Waals surface area contributed by atoms with Crippen LogP contribution < -0.4 is 10.5 Å². The molecule has 0 aromatic heterocycles. The van der Waals surface area contributed by atoms with Crippen molar-refractivity contribution in [3.8, 4) is 0 Å². The van der Waals surface area contributed by atoms with Gasteiger partial charge in [-0.3, -0.25) is 0 Å². The van der Waals surface area contributed by atoms with E-state index in [2.05, 4.69) is 4.72 Å². The maximum Gasteiger partial charge on any atom is 0.241 e. The normalized spacial score (nSPS) is 13.4. The Bertz CT molecular complexity index is 530. The molecule has 0 radical (unpaired) electrons. The zero-order valence-corrected chi connectivity index (χ0v) is 14.0. The van der Waals surface area contributed by atoms with E-state index in [0.29, 0.717) is 17.9 Å². The summed E-state index contributed by atoms with van der Waals surface area (Å²) < 4.78 is 27.9. The SMILES string of the molecule is CCc1ccc(CN)cc1S(=O)(=O)NC(CC)CSC. The van der Waals surface area contributed by atoms with Gasteiger partial charge in [0.15, 0.2) is 0 Å². The Hall–Kier alpha value is -0.560. The van der Waals surface area contributed by atoms with Gasteiger partial charge in [-0.1, -0.05) is 26.0 Å². The Labute approximate surface area is 126 Å². The van der Waals surface area contributed by atoms with Gasteiger partial charge in [0.1, 0.15) is 0 Å². The first kappa shape index (κ1) is 17.5. The molecule has 0 aliphatic heterocycles. The van der Waals surface area contributed by atoms with Crippen LogP contribution in [0.4, 0.5) is 0 Å². The summed E-state index contributed by atoms with van der Waals surface area (Å²) in [5.41, 5.74) is 7.27. The van der Waals surface area contributed by atoms with Crippen molar-refractivity contribution in [2.75, 3.05) is 12.0 Å². The molecular weight excluding hydrogens is 292 g/mol. The van der Waals surface area contributed by atoms with E-state index in [1.165, 1.54) is 0 Å². The number of rotatable bonds is 8. The Morgan fingerprint density at radius 1 is 1.35 bits per heavy atom. The standard InChI is InChI=1S/C14H24N2O2S2/c1-4-12-7-6-11(9-15)8-14(12)20(17,18)16-13(5-2)10-19-3/h6-8,13,16H,4-5,9-10,15H2,1-3H3. The maximum absolute atomic E-state index is 12.6. The predicted octanol–water partition coefficient (Wildman–Crippen LogP) is 2.13. The summed E-state index contributed by atoms with van der Waals surface area (Å²) in [5, 5.41) is 0. The smallest absolute Gasteiger partial charge is 0.241 e. The van der Waals surface area contributed by atoms with Crippen LogP contribution in [-0.2, 0) is 23.0 Å². The molecule has 4 nitrogen and oxygen atoms in total. The number of aryl methyl sites for hydroxylation is 1. The van der Waals surface area contributed by atoms with Crippen molar-refractivity contribution in [1.82, 2.24) is 4.72 Å². The molecule has 114 valence electrons. The van der Waals surface area contributed by atoms with Crippen molar-refractivity contribution < 1.29 is 8.42 Å². The van der Waals surface area contributed by atoms with Crippen LogP contribution in [0.2, 0.25) is 0 Å². The van der Waals surface area contributed by atoms with E-state index in [1.807, 2.05) is 32.2 Å². The lowest BCUT2D eigenvalue weighted by Crippen LogP contribution is -2.36. The van der Waals surface area contributed by atoms with Crippen molar-refractivity contribution in [3.63, 3.8) is 0 Å². The van der Waals surface area contributed by atoms with Gasteiger partial charge in [0.2, 0.25) is 10.0 Å². The molecule has 1 unspecified atom stereocenters. The maximum atomic E-state index is 12.6. The van der Waals surface area contributed by atoms with Crippen molar-refractivity contribution in [1.29, 1.82) is 0 Å². The van der Waals surface area contributed by atoms with Gasteiger partial charge in [-0.05, 0) is 36.3 Å². The molecule has 6 heteroatoms. The number of benzene rings is 1. The summed E-state index contributed by atoms with van der Waals surface area (Å²) in [6, 6.07) is 5.39. The molecule has 0 aliphatic carbocycles. The molecule has 1 rings (SSSR count). The van der Waals surface area contributed by atoms with E-state index in [0.717, 1.165) is 23.3 Å². The summed E-state index contributed by atoms with van der Waals surface area (Å²) in [6.45, 7) is 4.28. The Kier molecular flexibility index (Phi) is 7.02. The molecule has 1 atom stereocenters. The highest BCUT2D eigenvalue weighted by atomic mass is 32.2. The zero-order chi connectivity index (χ0) is 15.2. The lowest BCUT2D eigenvalue weighted by atomic mass is 10.1. The molecule has 0 heterocycles. The fourth-order valence-corrected chi connectivity index (χ4v) is 4.49. The summed E-state index contributed by atoms with van der Waals surface area (Å²) in [4.78, 5) is 0.363. The van der Waals surface area contributed by atoms with Crippen molar-refractivity contribution in [3.05, 3.63) is 29.3 Å². The Morgan fingerprint density at radius 2 is 2.05 bits per heavy atom. The van der Waals surface area contributed by atoms with Gasteiger partial charge in [0, 0.05) is 18.3 Å². The molecule has 0 spiro atoms. The van der Waals surface area contributed by atoms with Crippen LogP contribution in [0, 0.1) is 0 Å². The lowest BCUT2D eigenvalue weighted by molar-refractivity contribution is 0.557. The van der Waals surface area contributed by atoms with Crippen LogP contribution >= 0.6 is 11.8 Å². The van der Waals surface area contributed by atoms with Crippen molar-refractivity contribution in [2.45, 2.75) is 44.2 Å². The molecule has 0 fully saturated rings. The lowest BCUT2D eigenvalue weighted by Gasteiger charge is -2.18. The van der Waals surface area contributed by atoms with Crippen molar-refractivity contribution >= 4 is 21.8 Å². The molecule has 3 N–H and O–H groups in total. The molecular formula is C14H24N2O2S2. The quantitative estimate of drug-likeness (QED) is 0.770. The third kappa shape index (κ3) is 4.48. The molecule has 0 amide bonds. The van der Waals surface area contributed by atoms with E-state index < -0.39 is 10.0 Å². The monoisotopic (exact) mass is 316 g/mol. The number of nitrogens with one attached hydrogen (secondary N) is 1. The van der Waals surface area contributed by atoms with Gasteiger partial charge in [0.05, 0.1) is 4.90 Å². The summed E-state index contributed by atoms with van der Waals surface area (Å²) in [6.07, 6.45) is 3.43. The number of thioether (sulfide) groups is 1. The molecule has 0 bridgehead atoms. The highest BCUT2D eigenvalue weighted by Gasteiger charge is 2.21. The average Bonchev–Trinajstić information content (AvgIpc) is 2.45. The summed E-state index contributed by atoms with van der Waals surface area (Å²) in [5.74, 6) is 0.772. The first-order chi connectivity index (χ1) is 9.48. The third-order valence-electron chi connectivity index (χ3n) is 3.22. The first-order valence-corrected chi connectivity index (χ1v) is 9.69. The fourth-order valence-electron chi connectivity index (χ4n) is 1.99. The van der Waals surface area contributed by atoms with Crippen LogP contribution in [0.5, 0.6) is 0 Å². The van der Waals surface area contributed by atoms with Crippen LogP contribution in [-0.4, -0.2) is 26.5 Å². The van der Waals surface area contributed by atoms with Crippen LogP contribution in [0.3, 0.4) is 0 Å². The number of hydrogen-bond donors (Lipinski definition) is 2. The van der Waals surface area contributed by atoms with Gasteiger partial charge in [-0.2, -0.15) is 11.8 Å². The van der Waals surface area contributed by atoms with Crippen LogP contribution in [0.15, 0.2) is 23.1 Å². The van der Waals surface area contributed by atoms with E-state index in [4.69, 9.17) is 5.73 Å². The zero-order valence-electron chi connectivity index (χ0n) is 12.3. The van der Waals surface area contributed by atoms with Gasteiger partial charge in [-0.15, -0.1) is 0 Å². The highest BCUT2D eigenvalue weighted by molar-refractivity contribution is 7.98. The van der Waals surface area contributed by atoms with Gasteiger partial charge in [-0.25, -0.2) is 13.1 Å².